The summed E-state index contributed by atoms with van der Waals surface area (Å²) in [5.41, 5.74) is 0. The number of hydrogen-bond donors (Lipinski definition) is 0. The normalized spacial score (nSPS) is 35.4. The van der Waals surface area contributed by atoms with Crippen LogP contribution >= 0.6 is 0 Å². The molecule has 1 aromatic heterocycles. The van der Waals surface area contributed by atoms with Gasteiger partial charge in [0.1, 0.15) is 5.82 Å². The number of nitrogens with zero attached hydrogens (tertiary/aromatic N) is 5. The zero-order valence-corrected chi connectivity index (χ0v) is 16.0. The van der Waals surface area contributed by atoms with Gasteiger partial charge >= 0.3 is 0 Å². The van der Waals surface area contributed by atoms with Crippen LogP contribution in [-0.4, -0.2) is 74.5 Å². The summed E-state index contributed by atoms with van der Waals surface area (Å²) in [6, 6.07) is 2.27. The van der Waals surface area contributed by atoms with Crippen LogP contribution < -0.4 is 0 Å². The van der Waals surface area contributed by atoms with Crippen molar-refractivity contribution in [3.05, 3.63) is 18.2 Å². The molecule has 5 heterocycles. The molecule has 0 aliphatic carbocycles. The third-order valence-corrected chi connectivity index (χ3v) is 7.62. The Labute approximate surface area is 156 Å². The highest BCUT2D eigenvalue weighted by molar-refractivity contribution is 5.73. The van der Waals surface area contributed by atoms with E-state index in [9.17, 15) is 4.79 Å². The minimum absolute atomic E-state index is 0.245. The second kappa shape index (κ2) is 6.34. The number of hydrogen-bond acceptors (Lipinski definition) is 4. The molecule has 4 saturated heterocycles. The maximum absolute atomic E-state index is 11.6. The SMILES string of the molecule is CC(=O)N1CCC(N2[C@@H]3CC[C@H]2[C@H]2CN(Cc4nccn4C)C[C@H]23)CC1. The van der Waals surface area contributed by atoms with E-state index in [-0.39, 0.29) is 5.91 Å². The van der Waals surface area contributed by atoms with Crippen LogP contribution in [-0.2, 0) is 18.4 Å². The van der Waals surface area contributed by atoms with Gasteiger partial charge in [-0.25, -0.2) is 4.98 Å². The van der Waals surface area contributed by atoms with Gasteiger partial charge in [0.15, 0.2) is 0 Å². The summed E-state index contributed by atoms with van der Waals surface area (Å²) >= 11 is 0. The molecule has 0 saturated carbocycles. The zero-order chi connectivity index (χ0) is 17.8. The molecular formula is C20H31N5O. The molecule has 0 aromatic carbocycles. The number of amides is 1. The van der Waals surface area contributed by atoms with Crippen LogP contribution in [0.25, 0.3) is 0 Å². The molecule has 142 valence electrons. The monoisotopic (exact) mass is 357 g/mol. The van der Waals surface area contributed by atoms with Gasteiger partial charge in [-0.3, -0.25) is 14.6 Å². The first-order valence-electron chi connectivity index (χ1n) is 10.3. The third-order valence-electron chi connectivity index (χ3n) is 7.62. The van der Waals surface area contributed by atoms with E-state index < -0.39 is 0 Å². The van der Waals surface area contributed by atoms with Crippen molar-refractivity contribution in [3.63, 3.8) is 0 Å². The Hall–Kier alpha value is -1.40. The van der Waals surface area contributed by atoms with Crippen molar-refractivity contribution >= 4 is 5.91 Å². The van der Waals surface area contributed by atoms with Gasteiger partial charge in [-0.15, -0.1) is 0 Å². The minimum atomic E-state index is 0.245. The highest BCUT2D eigenvalue weighted by Crippen LogP contribution is 2.51. The molecule has 0 unspecified atom stereocenters. The second-order valence-corrected chi connectivity index (χ2v) is 8.87. The number of rotatable bonds is 3. The van der Waals surface area contributed by atoms with Gasteiger partial charge in [0, 0.05) is 70.7 Å². The molecule has 0 N–H and O–H groups in total. The average Bonchev–Trinajstić information content (AvgIpc) is 3.37. The van der Waals surface area contributed by atoms with E-state index in [0.29, 0.717) is 6.04 Å². The number of imidazole rings is 1. The lowest BCUT2D eigenvalue weighted by Crippen LogP contribution is -2.49. The lowest BCUT2D eigenvalue weighted by Gasteiger charge is -2.40. The summed E-state index contributed by atoms with van der Waals surface area (Å²) in [5, 5.41) is 0. The van der Waals surface area contributed by atoms with E-state index in [2.05, 4.69) is 26.4 Å². The van der Waals surface area contributed by atoms with Gasteiger partial charge in [0.05, 0.1) is 6.54 Å². The lowest BCUT2D eigenvalue weighted by atomic mass is 9.82. The van der Waals surface area contributed by atoms with Crippen molar-refractivity contribution in [2.75, 3.05) is 26.2 Å². The maximum Gasteiger partial charge on any atom is 0.219 e. The van der Waals surface area contributed by atoms with Crippen molar-refractivity contribution in [1.29, 1.82) is 0 Å². The number of likely N-dealkylation sites (tertiary alicyclic amines) is 2. The topological polar surface area (TPSA) is 44.6 Å². The van der Waals surface area contributed by atoms with Crippen LogP contribution in [0.3, 0.4) is 0 Å². The van der Waals surface area contributed by atoms with Crippen molar-refractivity contribution < 1.29 is 4.79 Å². The van der Waals surface area contributed by atoms with Gasteiger partial charge in [-0.1, -0.05) is 0 Å². The fourth-order valence-electron chi connectivity index (χ4n) is 6.41. The Morgan fingerprint density at radius 3 is 2.31 bits per heavy atom. The summed E-state index contributed by atoms with van der Waals surface area (Å²) in [7, 11) is 2.10. The van der Waals surface area contributed by atoms with E-state index >= 15 is 0 Å². The molecule has 0 spiro atoms. The summed E-state index contributed by atoms with van der Waals surface area (Å²) in [6.45, 7) is 7.09. The Morgan fingerprint density at radius 2 is 1.77 bits per heavy atom. The summed E-state index contributed by atoms with van der Waals surface area (Å²) in [4.78, 5) is 23.7. The smallest absolute Gasteiger partial charge is 0.219 e. The van der Waals surface area contributed by atoms with Gasteiger partial charge in [-0.05, 0) is 37.5 Å². The second-order valence-electron chi connectivity index (χ2n) is 8.87. The first kappa shape index (κ1) is 16.8. The molecule has 6 heteroatoms. The molecule has 26 heavy (non-hydrogen) atoms. The van der Waals surface area contributed by atoms with Crippen LogP contribution in [0.15, 0.2) is 12.4 Å². The Bertz CT molecular complexity index is 659. The Kier molecular flexibility index (Phi) is 4.09. The van der Waals surface area contributed by atoms with Crippen LogP contribution in [0.4, 0.5) is 0 Å². The standard InChI is InChI=1S/C20H31N5O/c1-14(26)24-8-5-15(6-9-24)25-18-3-4-19(25)17-12-23(11-16(17)18)13-20-21-7-10-22(20)2/h7,10,15-19H,3-6,8-9,11-13H2,1-2H3/t16-,17+,18-,19+. The van der Waals surface area contributed by atoms with Crippen LogP contribution in [0, 0.1) is 11.8 Å². The quantitative estimate of drug-likeness (QED) is 0.819. The van der Waals surface area contributed by atoms with Gasteiger partial charge in [0.25, 0.3) is 0 Å². The Morgan fingerprint density at radius 1 is 1.12 bits per heavy atom. The predicted octanol–water partition coefficient (Wildman–Crippen LogP) is 1.33. The fourth-order valence-corrected chi connectivity index (χ4v) is 6.41. The summed E-state index contributed by atoms with van der Waals surface area (Å²) < 4.78 is 2.15. The van der Waals surface area contributed by atoms with Crippen molar-refractivity contribution in [3.8, 4) is 0 Å². The molecule has 1 amide bonds. The highest BCUT2D eigenvalue weighted by atomic mass is 16.2. The zero-order valence-electron chi connectivity index (χ0n) is 16.0. The van der Waals surface area contributed by atoms with Crippen molar-refractivity contribution in [2.45, 2.75) is 57.3 Å². The number of carbonyl (C=O) groups is 1. The van der Waals surface area contributed by atoms with Crippen molar-refractivity contribution in [2.24, 2.45) is 18.9 Å². The fraction of sp³-hybridized carbons (Fsp3) is 0.800. The first-order chi connectivity index (χ1) is 12.6. The number of aryl methyl sites for hydroxylation is 1. The molecule has 4 aliphatic heterocycles. The molecule has 1 aromatic rings. The molecule has 4 fully saturated rings. The van der Waals surface area contributed by atoms with Crippen LogP contribution in [0.2, 0.25) is 0 Å². The molecule has 0 radical (unpaired) electrons. The van der Waals surface area contributed by atoms with E-state index in [1.807, 2.05) is 17.3 Å². The van der Waals surface area contributed by atoms with E-state index in [1.165, 1.54) is 44.6 Å². The molecule has 4 atom stereocenters. The van der Waals surface area contributed by atoms with E-state index in [0.717, 1.165) is 43.6 Å². The van der Waals surface area contributed by atoms with E-state index in [1.54, 1.807) is 6.92 Å². The molecule has 5 rings (SSSR count). The van der Waals surface area contributed by atoms with Crippen LogP contribution in [0.5, 0.6) is 0 Å². The van der Waals surface area contributed by atoms with Gasteiger partial charge < -0.3 is 9.47 Å². The molecule has 2 bridgehead atoms. The molecule has 4 aliphatic rings. The van der Waals surface area contributed by atoms with E-state index in [4.69, 9.17) is 0 Å². The maximum atomic E-state index is 11.6. The number of piperidine rings is 1. The van der Waals surface area contributed by atoms with Crippen LogP contribution in [0.1, 0.15) is 38.4 Å². The summed E-state index contributed by atoms with van der Waals surface area (Å²) in [5.74, 6) is 3.13. The largest absolute Gasteiger partial charge is 0.343 e. The average molecular weight is 358 g/mol. The van der Waals surface area contributed by atoms with Gasteiger partial charge in [-0.2, -0.15) is 0 Å². The van der Waals surface area contributed by atoms with Crippen molar-refractivity contribution in [1.82, 2.24) is 24.3 Å². The number of aromatic nitrogens is 2. The third kappa shape index (κ3) is 2.61. The highest BCUT2D eigenvalue weighted by Gasteiger charge is 2.57. The van der Waals surface area contributed by atoms with Gasteiger partial charge in [0.2, 0.25) is 5.91 Å². The predicted molar refractivity (Wildman–Crippen MR) is 99.4 cm³/mol. The number of fused-ring (bicyclic) bond motifs is 5. The number of carbonyl (C=O) groups excluding carboxylic acids is 1. The first-order valence-corrected chi connectivity index (χ1v) is 10.3. The minimum Gasteiger partial charge on any atom is -0.343 e. The lowest BCUT2D eigenvalue weighted by molar-refractivity contribution is -0.130. The molecular weight excluding hydrogens is 326 g/mol. The summed E-state index contributed by atoms with van der Waals surface area (Å²) in [6.07, 6.45) is 9.06. The Balaban J connectivity index is 1.24. The molecule has 6 nitrogen and oxygen atoms in total.